The number of benzene rings is 2. The average Bonchev–Trinajstić information content (AvgIpc) is 3.69. The molecule has 0 unspecified atom stereocenters. The Hall–Kier alpha value is -4.79. The Morgan fingerprint density at radius 3 is 2.75 bits per heavy atom. The lowest BCUT2D eigenvalue weighted by molar-refractivity contribution is -0.125. The molecule has 0 spiro atoms. The molecule has 0 bridgehead atoms. The molecule has 202 valence electrons. The second-order valence-corrected chi connectivity index (χ2v) is 10.2. The van der Waals surface area contributed by atoms with Gasteiger partial charge in [0.15, 0.2) is 0 Å². The minimum absolute atomic E-state index is 0.00625. The molecule has 8 nitrogen and oxygen atoms in total. The van der Waals surface area contributed by atoms with Gasteiger partial charge < -0.3 is 14.5 Å². The zero-order valence-corrected chi connectivity index (χ0v) is 22.1. The van der Waals surface area contributed by atoms with Crippen molar-refractivity contribution in [2.75, 3.05) is 20.1 Å². The van der Waals surface area contributed by atoms with E-state index in [9.17, 15) is 14.0 Å². The Morgan fingerprint density at radius 1 is 1.12 bits per heavy atom. The minimum atomic E-state index is -0.437. The fraction of sp³-hybridized carbons (Fsp3) is 0.226. The predicted octanol–water partition coefficient (Wildman–Crippen LogP) is 4.88. The summed E-state index contributed by atoms with van der Waals surface area (Å²) in [4.78, 5) is 31.9. The van der Waals surface area contributed by atoms with Crippen molar-refractivity contribution < 1.29 is 18.7 Å². The molecule has 2 amide bonds. The van der Waals surface area contributed by atoms with Gasteiger partial charge >= 0.3 is 0 Å². The number of carbonyl (C=O) groups is 2. The van der Waals surface area contributed by atoms with Gasteiger partial charge in [-0.1, -0.05) is 12.6 Å². The number of pyridine rings is 1. The molecule has 1 fully saturated rings. The van der Waals surface area contributed by atoms with Crippen LogP contribution in [0.4, 0.5) is 4.39 Å². The smallest absolute Gasteiger partial charge is 0.254 e. The number of likely N-dealkylation sites (tertiary alicyclic amines) is 1. The Bertz CT molecular complexity index is 1620. The van der Waals surface area contributed by atoms with Crippen molar-refractivity contribution in [3.8, 4) is 28.1 Å². The molecule has 4 aromatic rings. The summed E-state index contributed by atoms with van der Waals surface area (Å²) in [6, 6.07) is 14.0. The molecule has 4 heterocycles. The first-order valence-electron chi connectivity index (χ1n) is 13.1. The third-order valence-electron chi connectivity index (χ3n) is 7.45. The maximum absolute atomic E-state index is 14.9. The highest BCUT2D eigenvalue weighted by molar-refractivity contribution is 5.98. The molecule has 2 aliphatic heterocycles. The maximum atomic E-state index is 14.9. The summed E-state index contributed by atoms with van der Waals surface area (Å²) in [5.41, 5.74) is 5.49. The quantitative estimate of drug-likeness (QED) is 0.314. The molecule has 2 aromatic carbocycles. The summed E-state index contributed by atoms with van der Waals surface area (Å²) in [5, 5.41) is 4.89. The fourth-order valence-electron chi connectivity index (χ4n) is 5.38. The molecule has 2 aliphatic rings. The highest BCUT2D eigenvalue weighted by Crippen LogP contribution is 2.35. The Labute approximate surface area is 231 Å². The van der Waals surface area contributed by atoms with E-state index in [0.29, 0.717) is 42.2 Å². The lowest BCUT2D eigenvalue weighted by Gasteiger charge is -2.14. The van der Waals surface area contributed by atoms with Crippen molar-refractivity contribution in [3.63, 3.8) is 0 Å². The third-order valence-corrected chi connectivity index (χ3v) is 7.45. The number of nitrogens with zero attached hydrogens (tertiary/aromatic N) is 5. The van der Waals surface area contributed by atoms with Gasteiger partial charge in [0.1, 0.15) is 23.9 Å². The number of rotatable bonds is 7. The number of halogens is 1. The first-order valence-corrected chi connectivity index (χ1v) is 13.1. The molecule has 0 aliphatic carbocycles. The van der Waals surface area contributed by atoms with Gasteiger partial charge in [-0.15, -0.1) is 0 Å². The SMILES string of the molecule is C=CC(=O)N1CC[C@H](n2cc(-c3ccncc3)c(-c3cc(F)cc(OCc4ccc5c(c4)CN(C)C5=O)c3)n2)C1. The minimum Gasteiger partial charge on any atom is -0.489 e. The number of ether oxygens (including phenoxy) is 1. The highest BCUT2D eigenvalue weighted by atomic mass is 19.1. The standard InChI is InChI=1S/C31H28FN5O3/c1-3-29(38)36-11-8-25(17-36)37-18-28(21-6-9-33-10-7-21)30(34-37)22-13-24(32)15-26(14-22)40-19-20-4-5-27-23(12-20)16-35(2)31(27)39/h3-7,9-10,12-15,18,25H,1,8,11,16-17,19H2,2H3/t25-/m0/s1. The van der Waals surface area contributed by atoms with Crippen LogP contribution in [0.3, 0.4) is 0 Å². The zero-order chi connectivity index (χ0) is 27.8. The summed E-state index contributed by atoms with van der Waals surface area (Å²) < 4.78 is 22.8. The van der Waals surface area contributed by atoms with E-state index in [2.05, 4.69) is 11.6 Å². The van der Waals surface area contributed by atoms with Crippen LogP contribution in [0.5, 0.6) is 5.75 Å². The molecular formula is C31H28FN5O3. The van der Waals surface area contributed by atoms with Gasteiger partial charge in [0.2, 0.25) is 5.91 Å². The van der Waals surface area contributed by atoms with Crippen LogP contribution < -0.4 is 4.74 Å². The third kappa shape index (κ3) is 4.86. The van der Waals surface area contributed by atoms with Gasteiger partial charge in [-0.25, -0.2) is 4.39 Å². The zero-order valence-electron chi connectivity index (χ0n) is 22.1. The molecule has 6 rings (SSSR count). The Morgan fingerprint density at radius 2 is 1.95 bits per heavy atom. The van der Waals surface area contributed by atoms with Crippen molar-refractivity contribution in [1.29, 1.82) is 0 Å². The number of fused-ring (bicyclic) bond motifs is 1. The van der Waals surface area contributed by atoms with E-state index >= 15 is 0 Å². The van der Waals surface area contributed by atoms with E-state index in [4.69, 9.17) is 9.84 Å². The monoisotopic (exact) mass is 537 g/mol. The van der Waals surface area contributed by atoms with Crippen molar-refractivity contribution in [3.05, 3.63) is 102 Å². The Kier molecular flexibility index (Phi) is 6.63. The van der Waals surface area contributed by atoms with Crippen LogP contribution in [0.15, 0.2) is 79.8 Å². The van der Waals surface area contributed by atoms with Crippen molar-refractivity contribution >= 4 is 11.8 Å². The Balaban J connectivity index is 1.29. The van der Waals surface area contributed by atoms with Crippen LogP contribution in [0.2, 0.25) is 0 Å². The fourth-order valence-corrected chi connectivity index (χ4v) is 5.38. The van der Waals surface area contributed by atoms with Gasteiger partial charge in [-0.3, -0.25) is 19.3 Å². The number of hydrogen-bond donors (Lipinski definition) is 0. The lowest BCUT2D eigenvalue weighted by Crippen LogP contribution is -2.27. The second-order valence-electron chi connectivity index (χ2n) is 10.2. The van der Waals surface area contributed by atoms with E-state index in [1.54, 1.807) is 35.3 Å². The van der Waals surface area contributed by atoms with Crippen LogP contribution >= 0.6 is 0 Å². The molecule has 2 aromatic heterocycles. The number of amides is 2. The van der Waals surface area contributed by atoms with Crippen LogP contribution in [0, 0.1) is 5.82 Å². The van der Waals surface area contributed by atoms with Crippen LogP contribution in [0.1, 0.15) is 33.9 Å². The molecular weight excluding hydrogens is 509 g/mol. The van der Waals surface area contributed by atoms with Gasteiger partial charge in [0, 0.05) is 68.0 Å². The topological polar surface area (TPSA) is 80.6 Å². The van der Waals surface area contributed by atoms with Crippen LogP contribution in [-0.4, -0.2) is 56.5 Å². The van der Waals surface area contributed by atoms with Crippen LogP contribution in [0.25, 0.3) is 22.4 Å². The molecule has 9 heteroatoms. The van der Waals surface area contributed by atoms with E-state index in [0.717, 1.165) is 28.7 Å². The average molecular weight is 538 g/mol. The van der Waals surface area contributed by atoms with E-state index < -0.39 is 5.82 Å². The van der Waals surface area contributed by atoms with Gasteiger partial charge in [-0.05, 0) is 65.6 Å². The second kappa shape index (κ2) is 10.4. The molecule has 0 N–H and O–H groups in total. The first-order chi connectivity index (χ1) is 19.4. The maximum Gasteiger partial charge on any atom is 0.254 e. The molecule has 0 saturated carbocycles. The normalized spacial score (nSPS) is 16.4. The molecule has 1 saturated heterocycles. The number of aromatic nitrogens is 3. The van der Waals surface area contributed by atoms with Crippen LogP contribution in [-0.2, 0) is 17.9 Å². The van der Waals surface area contributed by atoms with E-state index in [1.807, 2.05) is 41.2 Å². The van der Waals surface area contributed by atoms with Gasteiger partial charge in [-0.2, -0.15) is 5.10 Å². The summed E-state index contributed by atoms with van der Waals surface area (Å²) in [6.45, 7) is 5.54. The van der Waals surface area contributed by atoms with Gasteiger partial charge in [0.05, 0.1) is 6.04 Å². The number of carbonyl (C=O) groups excluding carboxylic acids is 2. The lowest BCUT2D eigenvalue weighted by atomic mass is 10.0. The number of hydrogen-bond acceptors (Lipinski definition) is 5. The van der Waals surface area contributed by atoms with Crippen molar-refractivity contribution in [2.45, 2.75) is 25.6 Å². The molecule has 1 atom stereocenters. The summed E-state index contributed by atoms with van der Waals surface area (Å²) in [5.74, 6) is -0.146. The summed E-state index contributed by atoms with van der Waals surface area (Å²) in [6.07, 6.45) is 7.45. The first kappa shape index (κ1) is 25.5. The highest BCUT2D eigenvalue weighted by Gasteiger charge is 2.28. The van der Waals surface area contributed by atoms with E-state index in [-0.39, 0.29) is 24.5 Å². The predicted molar refractivity (Wildman–Crippen MR) is 148 cm³/mol. The van der Waals surface area contributed by atoms with E-state index in [1.165, 1.54) is 18.2 Å². The molecule has 40 heavy (non-hydrogen) atoms. The van der Waals surface area contributed by atoms with Crippen molar-refractivity contribution in [1.82, 2.24) is 24.6 Å². The molecule has 0 radical (unpaired) electrons. The van der Waals surface area contributed by atoms with Gasteiger partial charge in [0.25, 0.3) is 5.91 Å². The summed E-state index contributed by atoms with van der Waals surface area (Å²) in [7, 11) is 1.78. The summed E-state index contributed by atoms with van der Waals surface area (Å²) >= 11 is 0. The largest absolute Gasteiger partial charge is 0.489 e. The van der Waals surface area contributed by atoms with Crippen molar-refractivity contribution in [2.24, 2.45) is 0 Å².